The second kappa shape index (κ2) is 13.2. The van der Waals surface area contributed by atoms with Crippen LogP contribution in [0.1, 0.15) is 15.9 Å². The van der Waals surface area contributed by atoms with Gasteiger partial charge >= 0.3 is 0 Å². The Labute approximate surface area is 246 Å². The van der Waals surface area contributed by atoms with Crippen LogP contribution in [0.5, 0.6) is 11.5 Å². The lowest BCUT2D eigenvalue weighted by Crippen LogP contribution is -2.07. The fourth-order valence-corrected chi connectivity index (χ4v) is 3.94. The Bertz CT molecular complexity index is 1680. The molecular weight excluding hydrogens is 554 g/mol. The van der Waals surface area contributed by atoms with E-state index in [9.17, 15) is 13.6 Å². The van der Waals surface area contributed by atoms with Crippen LogP contribution in [0.2, 0.25) is 0 Å². The molecule has 0 radical (unpaired) electrons. The van der Waals surface area contributed by atoms with E-state index in [0.29, 0.717) is 34.1 Å². The Hall–Kier alpha value is -5.84. The minimum absolute atomic E-state index is 0.181. The molecule has 5 rings (SSSR count). The van der Waals surface area contributed by atoms with Gasteiger partial charge in [-0.1, -0.05) is 12.1 Å². The second-order valence-corrected chi connectivity index (χ2v) is 9.08. The summed E-state index contributed by atoms with van der Waals surface area (Å²) in [6.07, 6.45) is 3.18. The van der Waals surface area contributed by atoms with E-state index >= 15 is 0 Å². The summed E-state index contributed by atoms with van der Waals surface area (Å²) >= 11 is 0. The van der Waals surface area contributed by atoms with Crippen LogP contribution < -0.4 is 25.4 Å². The number of nitrogens with zero attached hydrogens (tertiary/aromatic N) is 3. The van der Waals surface area contributed by atoms with Crippen LogP contribution in [0.3, 0.4) is 0 Å². The number of ketones is 1. The SMILES string of the molecule is COc1ccc(/C=C/C(=O)c2ccc(Nc3nc(Nc4ccc(F)cc4)nc(Nc4ccc(F)cc4)n3)cc2)cc1OC. The van der Waals surface area contributed by atoms with E-state index in [0.717, 1.165) is 5.56 Å². The maximum Gasteiger partial charge on any atom is 0.233 e. The fraction of sp³-hybridized carbons (Fsp3) is 0.0625. The van der Waals surface area contributed by atoms with Gasteiger partial charge in [0.15, 0.2) is 17.3 Å². The fourth-order valence-electron chi connectivity index (χ4n) is 3.94. The number of rotatable bonds is 11. The number of ether oxygens (including phenoxy) is 2. The molecule has 5 aromatic rings. The standard InChI is InChI=1S/C32H26F2N6O3/c1-42-28-18-4-20(19-29(28)43-2)3-17-27(41)21-5-11-24(12-6-21)35-30-38-31(36-25-13-7-22(33)8-14-25)40-32(39-30)37-26-15-9-23(34)10-16-26/h3-19H,1-2H3,(H3,35,36,37,38,39,40)/b17-3+. The Balaban J connectivity index is 1.32. The lowest BCUT2D eigenvalue weighted by Gasteiger charge is -2.12. The molecule has 0 fully saturated rings. The van der Waals surface area contributed by atoms with Crippen molar-refractivity contribution in [1.29, 1.82) is 0 Å². The molecule has 0 aliphatic carbocycles. The maximum atomic E-state index is 13.4. The van der Waals surface area contributed by atoms with Gasteiger partial charge in [0.25, 0.3) is 0 Å². The number of anilines is 6. The number of methoxy groups -OCH3 is 2. The third-order valence-corrected chi connectivity index (χ3v) is 6.10. The van der Waals surface area contributed by atoms with Crippen LogP contribution in [-0.2, 0) is 0 Å². The first-order chi connectivity index (χ1) is 20.9. The van der Waals surface area contributed by atoms with Crippen molar-refractivity contribution in [2.45, 2.75) is 0 Å². The third-order valence-electron chi connectivity index (χ3n) is 6.10. The van der Waals surface area contributed by atoms with Crippen LogP contribution in [0.25, 0.3) is 6.08 Å². The zero-order valence-electron chi connectivity index (χ0n) is 23.1. The molecule has 0 aliphatic rings. The molecule has 0 unspecified atom stereocenters. The Morgan fingerprint density at radius 2 is 1.07 bits per heavy atom. The Kier molecular flexibility index (Phi) is 8.81. The molecule has 0 aliphatic heterocycles. The minimum atomic E-state index is -0.374. The molecule has 4 aromatic carbocycles. The average Bonchev–Trinajstić information content (AvgIpc) is 3.02. The number of benzene rings is 4. The number of allylic oxidation sites excluding steroid dienone is 1. The van der Waals surface area contributed by atoms with Crippen molar-refractivity contribution in [2.24, 2.45) is 0 Å². The topological polar surface area (TPSA) is 110 Å². The summed E-state index contributed by atoms with van der Waals surface area (Å²) in [5, 5.41) is 9.15. The van der Waals surface area contributed by atoms with E-state index in [-0.39, 0.29) is 35.3 Å². The number of carbonyl (C=O) groups is 1. The van der Waals surface area contributed by atoms with Crippen molar-refractivity contribution >= 4 is 46.8 Å². The molecule has 216 valence electrons. The van der Waals surface area contributed by atoms with Crippen LogP contribution in [0, 0.1) is 11.6 Å². The minimum Gasteiger partial charge on any atom is -0.493 e. The van der Waals surface area contributed by atoms with Crippen molar-refractivity contribution in [3.8, 4) is 11.5 Å². The highest BCUT2D eigenvalue weighted by molar-refractivity contribution is 6.07. The quantitative estimate of drug-likeness (QED) is 0.110. The van der Waals surface area contributed by atoms with E-state index in [2.05, 4.69) is 30.9 Å². The van der Waals surface area contributed by atoms with E-state index in [4.69, 9.17) is 9.47 Å². The van der Waals surface area contributed by atoms with Gasteiger partial charge in [-0.3, -0.25) is 4.79 Å². The lowest BCUT2D eigenvalue weighted by atomic mass is 10.1. The second-order valence-electron chi connectivity index (χ2n) is 9.08. The summed E-state index contributed by atoms with van der Waals surface area (Å²) < 4.78 is 37.3. The van der Waals surface area contributed by atoms with Crippen LogP contribution in [0.4, 0.5) is 43.7 Å². The van der Waals surface area contributed by atoms with Gasteiger partial charge in [0.05, 0.1) is 14.2 Å². The smallest absolute Gasteiger partial charge is 0.233 e. The molecule has 0 amide bonds. The summed E-state index contributed by atoms with van der Waals surface area (Å²) in [5.41, 5.74) is 3.02. The highest BCUT2D eigenvalue weighted by Gasteiger charge is 2.10. The number of hydrogen-bond acceptors (Lipinski definition) is 9. The normalized spacial score (nSPS) is 10.8. The summed E-state index contributed by atoms with van der Waals surface area (Å²) in [5.74, 6) is 0.791. The number of carbonyl (C=O) groups excluding carboxylic acids is 1. The van der Waals surface area contributed by atoms with Crippen LogP contribution in [0.15, 0.2) is 97.1 Å². The van der Waals surface area contributed by atoms with Crippen LogP contribution >= 0.6 is 0 Å². The first-order valence-corrected chi connectivity index (χ1v) is 13.0. The molecule has 0 saturated carbocycles. The zero-order valence-corrected chi connectivity index (χ0v) is 23.1. The summed E-state index contributed by atoms with van der Waals surface area (Å²) in [7, 11) is 3.11. The lowest BCUT2D eigenvalue weighted by molar-refractivity contribution is 0.104. The van der Waals surface area contributed by atoms with Crippen molar-refractivity contribution < 1.29 is 23.0 Å². The predicted octanol–water partition coefficient (Wildman–Crippen LogP) is 7.29. The van der Waals surface area contributed by atoms with E-state index in [1.807, 2.05) is 6.07 Å². The zero-order chi connectivity index (χ0) is 30.2. The average molecular weight is 581 g/mol. The molecule has 43 heavy (non-hydrogen) atoms. The number of halogens is 2. The molecule has 0 atom stereocenters. The number of nitrogens with one attached hydrogen (secondary N) is 3. The monoisotopic (exact) mass is 580 g/mol. The Morgan fingerprint density at radius 3 is 1.51 bits per heavy atom. The van der Waals surface area contributed by atoms with Gasteiger partial charge in [0, 0.05) is 22.6 Å². The van der Waals surface area contributed by atoms with Gasteiger partial charge in [0.2, 0.25) is 17.8 Å². The van der Waals surface area contributed by atoms with Gasteiger partial charge < -0.3 is 25.4 Å². The molecule has 11 heteroatoms. The number of aromatic nitrogens is 3. The van der Waals surface area contributed by atoms with Gasteiger partial charge in [-0.05, 0) is 96.6 Å². The van der Waals surface area contributed by atoms with Crippen LogP contribution in [-0.4, -0.2) is 35.0 Å². The first-order valence-electron chi connectivity index (χ1n) is 13.0. The van der Waals surface area contributed by atoms with Crippen molar-refractivity contribution in [1.82, 2.24) is 15.0 Å². The third kappa shape index (κ3) is 7.67. The molecule has 0 spiro atoms. The Morgan fingerprint density at radius 1 is 0.628 bits per heavy atom. The van der Waals surface area contributed by atoms with E-state index in [1.165, 1.54) is 30.3 Å². The maximum absolute atomic E-state index is 13.4. The summed E-state index contributed by atoms with van der Waals surface area (Å²) in [6, 6.07) is 23.6. The molecule has 1 heterocycles. The summed E-state index contributed by atoms with van der Waals surface area (Å²) in [4.78, 5) is 26.0. The van der Waals surface area contributed by atoms with E-state index in [1.54, 1.807) is 81.0 Å². The molecule has 0 saturated heterocycles. The number of hydrogen-bond donors (Lipinski definition) is 3. The molecular formula is C32H26F2N6O3. The molecule has 1 aromatic heterocycles. The summed E-state index contributed by atoms with van der Waals surface area (Å²) in [6.45, 7) is 0. The van der Waals surface area contributed by atoms with Crippen molar-refractivity contribution in [3.05, 3.63) is 120 Å². The predicted molar refractivity (Wildman–Crippen MR) is 162 cm³/mol. The van der Waals surface area contributed by atoms with Gasteiger partial charge in [0.1, 0.15) is 11.6 Å². The largest absolute Gasteiger partial charge is 0.493 e. The van der Waals surface area contributed by atoms with Crippen molar-refractivity contribution in [2.75, 3.05) is 30.2 Å². The molecule has 0 bridgehead atoms. The van der Waals surface area contributed by atoms with E-state index < -0.39 is 0 Å². The van der Waals surface area contributed by atoms with Gasteiger partial charge in [-0.25, -0.2) is 8.78 Å². The highest BCUT2D eigenvalue weighted by Crippen LogP contribution is 2.28. The molecule has 9 nitrogen and oxygen atoms in total. The first kappa shape index (κ1) is 28.7. The molecule has 3 N–H and O–H groups in total. The van der Waals surface area contributed by atoms with Gasteiger partial charge in [-0.15, -0.1) is 0 Å². The van der Waals surface area contributed by atoms with Gasteiger partial charge in [-0.2, -0.15) is 15.0 Å². The highest BCUT2D eigenvalue weighted by atomic mass is 19.1. The van der Waals surface area contributed by atoms with Crippen molar-refractivity contribution in [3.63, 3.8) is 0 Å².